The highest BCUT2D eigenvalue weighted by molar-refractivity contribution is 7.99. The fraction of sp³-hybridized carbons (Fsp3) is 0.188. The number of fused-ring (bicyclic) bond motifs is 3. The zero-order chi connectivity index (χ0) is 14.8. The second-order valence-corrected chi connectivity index (χ2v) is 5.74. The van der Waals surface area contributed by atoms with Gasteiger partial charge in [-0.05, 0) is 35.9 Å². The van der Waals surface area contributed by atoms with Gasteiger partial charge in [0.15, 0.2) is 0 Å². The van der Waals surface area contributed by atoms with Crippen molar-refractivity contribution in [2.45, 2.75) is 5.75 Å². The van der Waals surface area contributed by atoms with E-state index >= 15 is 0 Å². The summed E-state index contributed by atoms with van der Waals surface area (Å²) in [5.41, 5.74) is 7.98. The molecule has 1 heterocycles. The van der Waals surface area contributed by atoms with Crippen LogP contribution in [0.2, 0.25) is 0 Å². The van der Waals surface area contributed by atoms with Gasteiger partial charge in [0, 0.05) is 16.5 Å². The van der Waals surface area contributed by atoms with E-state index in [9.17, 15) is 4.79 Å². The first-order chi connectivity index (χ1) is 10.2. The number of benzene rings is 2. The fourth-order valence-electron chi connectivity index (χ4n) is 2.29. The average Bonchev–Trinajstić information content (AvgIpc) is 2.84. The number of hydrogen-bond donors (Lipinski definition) is 1. The van der Waals surface area contributed by atoms with Crippen molar-refractivity contribution in [1.29, 1.82) is 0 Å². The van der Waals surface area contributed by atoms with E-state index in [1.165, 1.54) is 11.8 Å². The molecule has 3 rings (SSSR count). The number of carbonyl (C=O) groups is 1. The lowest BCUT2D eigenvalue weighted by atomic mass is 10.1. The van der Waals surface area contributed by atoms with Gasteiger partial charge in [-0.25, -0.2) is 0 Å². The van der Waals surface area contributed by atoms with Crippen molar-refractivity contribution in [3.63, 3.8) is 0 Å². The van der Waals surface area contributed by atoms with Crippen LogP contribution >= 0.6 is 11.8 Å². The second kappa shape index (κ2) is 5.69. The number of rotatable bonds is 5. The smallest absolute Gasteiger partial charge is 0.227 e. The summed E-state index contributed by atoms with van der Waals surface area (Å²) in [5, 5.41) is 2.09. The summed E-state index contributed by atoms with van der Waals surface area (Å²) in [6, 6.07) is 11.8. The molecule has 0 spiro atoms. The summed E-state index contributed by atoms with van der Waals surface area (Å²) in [4.78, 5) is 10.8. The Morgan fingerprint density at radius 3 is 2.62 bits per heavy atom. The first-order valence-electron chi connectivity index (χ1n) is 6.52. The van der Waals surface area contributed by atoms with Crippen LogP contribution in [0.15, 0.2) is 40.8 Å². The molecule has 0 aliphatic heterocycles. The maximum atomic E-state index is 10.8. The summed E-state index contributed by atoms with van der Waals surface area (Å²) in [7, 11) is 1.65. The topological polar surface area (TPSA) is 65.5 Å². The molecule has 1 amide bonds. The van der Waals surface area contributed by atoms with Gasteiger partial charge in [-0.3, -0.25) is 4.79 Å². The van der Waals surface area contributed by atoms with Gasteiger partial charge in [0.2, 0.25) is 5.91 Å². The molecule has 108 valence electrons. The molecule has 2 N–H and O–H groups in total. The maximum Gasteiger partial charge on any atom is 0.227 e. The molecule has 2 aromatic carbocycles. The average molecular weight is 301 g/mol. The first-order valence-corrected chi connectivity index (χ1v) is 7.68. The summed E-state index contributed by atoms with van der Waals surface area (Å²) < 4.78 is 11.1. The molecular formula is C16H15NO3S. The Balaban J connectivity index is 1.98. The van der Waals surface area contributed by atoms with Crippen LogP contribution in [0.4, 0.5) is 0 Å². The standard InChI is InChI=1S/C16H15NO3S/c1-19-11-3-5-15-13(7-11)12-6-10(2-4-14(12)20-15)8-21-9-16(17)18/h2-7H,8-9H2,1H3,(H2,17,18). The largest absolute Gasteiger partial charge is 0.497 e. The molecule has 0 atom stereocenters. The molecule has 0 aliphatic rings. The van der Waals surface area contributed by atoms with Gasteiger partial charge < -0.3 is 14.9 Å². The highest BCUT2D eigenvalue weighted by atomic mass is 32.2. The van der Waals surface area contributed by atoms with Crippen molar-refractivity contribution in [3.05, 3.63) is 42.0 Å². The highest BCUT2D eigenvalue weighted by Crippen LogP contribution is 2.32. The molecule has 1 aromatic heterocycles. The number of ether oxygens (including phenoxy) is 1. The number of nitrogens with two attached hydrogens (primary N) is 1. The number of thioether (sulfide) groups is 1. The summed E-state index contributed by atoms with van der Waals surface area (Å²) >= 11 is 1.51. The summed E-state index contributed by atoms with van der Waals surface area (Å²) in [6.07, 6.45) is 0. The molecule has 0 radical (unpaired) electrons. The Bertz CT molecular complexity index is 810. The van der Waals surface area contributed by atoms with Gasteiger partial charge in [-0.15, -0.1) is 11.8 Å². The van der Waals surface area contributed by atoms with Gasteiger partial charge in [0.05, 0.1) is 12.9 Å². The van der Waals surface area contributed by atoms with E-state index in [4.69, 9.17) is 14.9 Å². The van der Waals surface area contributed by atoms with Crippen LogP contribution in [0.3, 0.4) is 0 Å². The van der Waals surface area contributed by atoms with Crippen LogP contribution in [-0.4, -0.2) is 18.8 Å². The first kappa shape index (κ1) is 13.8. The van der Waals surface area contributed by atoms with Crippen LogP contribution in [0.1, 0.15) is 5.56 Å². The molecular weight excluding hydrogens is 286 g/mol. The van der Waals surface area contributed by atoms with E-state index in [-0.39, 0.29) is 5.91 Å². The van der Waals surface area contributed by atoms with Crippen molar-refractivity contribution in [3.8, 4) is 5.75 Å². The van der Waals surface area contributed by atoms with E-state index in [1.54, 1.807) is 7.11 Å². The van der Waals surface area contributed by atoms with Crippen molar-refractivity contribution < 1.29 is 13.9 Å². The molecule has 0 saturated carbocycles. The van der Waals surface area contributed by atoms with Crippen molar-refractivity contribution >= 4 is 39.6 Å². The molecule has 4 nitrogen and oxygen atoms in total. The monoisotopic (exact) mass is 301 g/mol. The third kappa shape index (κ3) is 2.83. The lowest BCUT2D eigenvalue weighted by molar-refractivity contribution is -0.115. The summed E-state index contributed by atoms with van der Waals surface area (Å²) in [5.74, 6) is 1.59. The van der Waals surface area contributed by atoms with E-state index in [0.717, 1.165) is 39.0 Å². The lowest BCUT2D eigenvalue weighted by Crippen LogP contribution is -2.13. The van der Waals surface area contributed by atoms with E-state index in [1.807, 2.05) is 30.3 Å². The zero-order valence-corrected chi connectivity index (χ0v) is 12.4. The maximum absolute atomic E-state index is 10.8. The Hall–Kier alpha value is -2.14. The quantitative estimate of drug-likeness (QED) is 0.785. The Kier molecular flexibility index (Phi) is 3.75. The molecule has 21 heavy (non-hydrogen) atoms. The zero-order valence-electron chi connectivity index (χ0n) is 11.6. The number of primary amides is 1. The SMILES string of the molecule is COc1ccc2oc3ccc(CSCC(N)=O)cc3c2c1. The molecule has 0 saturated heterocycles. The van der Waals surface area contributed by atoms with Crippen molar-refractivity contribution in [1.82, 2.24) is 0 Å². The lowest BCUT2D eigenvalue weighted by Gasteiger charge is -2.01. The van der Waals surface area contributed by atoms with Gasteiger partial charge in [0.1, 0.15) is 16.9 Å². The molecule has 5 heteroatoms. The minimum atomic E-state index is -0.292. The molecule has 0 aliphatic carbocycles. The van der Waals surface area contributed by atoms with Crippen LogP contribution in [0, 0.1) is 0 Å². The van der Waals surface area contributed by atoms with Gasteiger partial charge in [0.25, 0.3) is 0 Å². The Morgan fingerprint density at radius 2 is 1.90 bits per heavy atom. The van der Waals surface area contributed by atoms with Gasteiger partial charge in [-0.2, -0.15) is 0 Å². The van der Waals surface area contributed by atoms with Crippen molar-refractivity contribution in [2.75, 3.05) is 12.9 Å². The summed E-state index contributed by atoms with van der Waals surface area (Å²) in [6.45, 7) is 0. The number of methoxy groups -OCH3 is 1. The predicted octanol–water partition coefficient (Wildman–Crippen LogP) is 3.31. The minimum absolute atomic E-state index is 0.292. The Labute approximate surface area is 126 Å². The van der Waals surface area contributed by atoms with Crippen molar-refractivity contribution in [2.24, 2.45) is 5.73 Å². The van der Waals surface area contributed by atoms with E-state index in [2.05, 4.69) is 6.07 Å². The van der Waals surface area contributed by atoms with Crippen LogP contribution < -0.4 is 10.5 Å². The second-order valence-electron chi connectivity index (χ2n) is 4.75. The fourth-order valence-corrected chi connectivity index (χ4v) is 3.01. The van der Waals surface area contributed by atoms with E-state index in [0.29, 0.717) is 5.75 Å². The predicted molar refractivity (Wildman–Crippen MR) is 85.6 cm³/mol. The van der Waals surface area contributed by atoms with Crippen LogP contribution in [0.5, 0.6) is 5.75 Å². The third-order valence-corrected chi connectivity index (χ3v) is 4.28. The molecule has 0 fully saturated rings. The van der Waals surface area contributed by atoms with Gasteiger partial charge >= 0.3 is 0 Å². The van der Waals surface area contributed by atoms with Gasteiger partial charge in [-0.1, -0.05) is 6.07 Å². The van der Waals surface area contributed by atoms with E-state index < -0.39 is 0 Å². The number of carbonyl (C=O) groups excluding carboxylic acids is 1. The molecule has 0 bridgehead atoms. The van der Waals surface area contributed by atoms with Crippen LogP contribution in [0.25, 0.3) is 21.9 Å². The number of amides is 1. The highest BCUT2D eigenvalue weighted by Gasteiger charge is 2.09. The minimum Gasteiger partial charge on any atom is -0.497 e. The Morgan fingerprint density at radius 1 is 1.19 bits per heavy atom. The number of furan rings is 1. The normalized spacial score (nSPS) is 11.1. The molecule has 3 aromatic rings. The third-order valence-electron chi connectivity index (χ3n) is 3.25. The number of hydrogen-bond acceptors (Lipinski definition) is 4. The molecule has 0 unspecified atom stereocenters. The van der Waals surface area contributed by atoms with Crippen LogP contribution in [-0.2, 0) is 10.5 Å².